The Kier molecular flexibility index (Phi) is 6.21. The zero-order valence-electron chi connectivity index (χ0n) is 14.5. The topological polar surface area (TPSA) is 83.0 Å². The van der Waals surface area contributed by atoms with Crippen LogP contribution in [0.25, 0.3) is 0 Å². The van der Waals surface area contributed by atoms with Crippen molar-refractivity contribution in [3.05, 3.63) is 0 Å². The Bertz CT molecular complexity index is 555. The number of likely N-dealkylation sites (tertiary alicyclic amines) is 1. The van der Waals surface area contributed by atoms with Crippen LogP contribution in [0.15, 0.2) is 4.99 Å². The number of alkyl carbamates (subject to hydrolysis) is 1. The summed E-state index contributed by atoms with van der Waals surface area (Å²) in [5.41, 5.74) is 0.686. The molecule has 1 fully saturated rings. The second-order valence-electron chi connectivity index (χ2n) is 6.29. The Labute approximate surface area is 143 Å². The molecular weight excluding hydrogens is 308 g/mol. The number of carbonyl (C=O) groups excluding carboxylic acids is 2. The highest BCUT2D eigenvalue weighted by atomic mass is 16.5. The van der Waals surface area contributed by atoms with Gasteiger partial charge in [0, 0.05) is 13.1 Å². The number of hydrogen-bond donors (Lipinski definition) is 2. The first kappa shape index (κ1) is 18.3. The van der Waals surface area contributed by atoms with E-state index >= 15 is 0 Å². The third-order valence-corrected chi connectivity index (χ3v) is 4.82. The molecule has 0 aromatic carbocycles. The number of hydrogen-bond acceptors (Lipinski definition) is 5. The Morgan fingerprint density at radius 3 is 2.92 bits per heavy atom. The predicted molar refractivity (Wildman–Crippen MR) is 91.6 cm³/mol. The van der Waals surface area contributed by atoms with E-state index in [0.29, 0.717) is 18.8 Å². The first-order valence-electron chi connectivity index (χ1n) is 8.43. The van der Waals surface area contributed by atoms with Crippen molar-refractivity contribution in [2.75, 3.05) is 20.2 Å². The molecule has 0 aliphatic carbocycles. The van der Waals surface area contributed by atoms with E-state index in [9.17, 15) is 9.59 Å². The first-order valence-corrected chi connectivity index (χ1v) is 8.43. The molecule has 4 atom stereocenters. The highest BCUT2D eigenvalue weighted by molar-refractivity contribution is 6.02. The van der Waals surface area contributed by atoms with Gasteiger partial charge in [0.25, 0.3) is 0 Å². The maximum Gasteiger partial charge on any atom is 0.407 e. The van der Waals surface area contributed by atoms with Crippen molar-refractivity contribution in [3.63, 3.8) is 0 Å². The van der Waals surface area contributed by atoms with Crippen molar-refractivity contribution in [1.82, 2.24) is 15.5 Å². The average Bonchev–Trinajstić information content (AvgIpc) is 3.26. The van der Waals surface area contributed by atoms with Gasteiger partial charge in [0.15, 0.2) is 0 Å². The van der Waals surface area contributed by atoms with E-state index in [1.165, 1.54) is 7.11 Å². The molecular formula is C17H26N4O3. The van der Waals surface area contributed by atoms with Crippen LogP contribution in [0.5, 0.6) is 0 Å². The molecule has 2 amide bonds. The third-order valence-electron chi connectivity index (χ3n) is 4.82. The Balaban J connectivity index is 2.14. The molecule has 0 saturated carbocycles. The fourth-order valence-corrected chi connectivity index (χ4v) is 3.21. The van der Waals surface area contributed by atoms with Gasteiger partial charge in [-0.25, -0.2) is 4.79 Å². The van der Waals surface area contributed by atoms with Crippen LogP contribution in [0.3, 0.4) is 0 Å². The lowest BCUT2D eigenvalue weighted by atomic mass is 9.97. The maximum absolute atomic E-state index is 13.1. The summed E-state index contributed by atoms with van der Waals surface area (Å²) >= 11 is 0. The highest BCUT2D eigenvalue weighted by Crippen LogP contribution is 2.25. The van der Waals surface area contributed by atoms with Crippen LogP contribution < -0.4 is 10.6 Å². The van der Waals surface area contributed by atoms with Gasteiger partial charge >= 0.3 is 6.09 Å². The smallest absolute Gasteiger partial charge is 0.407 e. The quantitative estimate of drug-likeness (QED) is 0.727. The Morgan fingerprint density at radius 2 is 2.33 bits per heavy atom. The zero-order chi connectivity index (χ0) is 17.7. The summed E-state index contributed by atoms with van der Waals surface area (Å²) in [7, 11) is 1.30. The van der Waals surface area contributed by atoms with E-state index in [1.54, 1.807) is 0 Å². The van der Waals surface area contributed by atoms with E-state index in [2.05, 4.69) is 26.3 Å². The highest BCUT2D eigenvalue weighted by Gasteiger charge is 2.40. The molecule has 0 spiro atoms. The van der Waals surface area contributed by atoms with Crippen LogP contribution in [0.1, 0.15) is 33.1 Å². The maximum atomic E-state index is 13.1. The molecule has 1 saturated heterocycles. The van der Waals surface area contributed by atoms with Gasteiger partial charge in [-0.3, -0.25) is 15.1 Å². The van der Waals surface area contributed by atoms with Gasteiger partial charge in [-0.05, 0) is 18.8 Å². The second-order valence-corrected chi connectivity index (χ2v) is 6.29. The van der Waals surface area contributed by atoms with Crippen LogP contribution in [-0.2, 0) is 9.53 Å². The van der Waals surface area contributed by atoms with E-state index in [4.69, 9.17) is 6.42 Å². The molecule has 0 aromatic heterocycles. The Hall–Kier alpha value is -2.07. The molecule has 0 radical (unpaired) electrons. The number of terminal acetylenes is 1. The molecule has 2 aliphatic heterocycles. The second kappa shape index (κ2) is 8.15. The lowest BCUT2D eigenvalue weighted by Gasteiger charge is -2.33. The van der Waals surface area contributed by atoms with Crippen molar-refractivity contribution in [1.29, 1.82) is 0 Å². The molecule has 7 heteroatoms. The van der Waals surface area contributed by atoms with E-state index < -0.39 is 12.1 Å². The number of nitrogens with one attached hydrogen (secondary N) is 2. The lowest BCUT2D eigenvalue weighted by molar-refractivity contribution is -0.135. The van der Waals surface area contributed by atoms with Gasteiger partial charge in [-0.1, -0.05) is 26.2 Å². The van der Waals surface area contributed by atoms with E-state index in [-0.39, 0.29) is 24.0 Å². The largest absolute Gasteiger partial charge is 0.453 e. The molecule has 0 aromatic rings. The van der Waals surface area contributed by atoms with Crippen molar-refractivity contribution >= 4 is 17.7 Å². The van der Waals surface area contributed by atoms with Crippen LogP contribution in [-0.4, -0.2) is 61.1 Å². The molecule has 24 heavy (non-hydrogen) atoms. The monoisotopic (exact) mass is 334 g/mol. The van der Waals surface area contributed by atoms with Gasteiger partial charge in [-0.2, -0.15) is 0 Å². The molecule has 0 bridgehead atoms. The van der Waals surface area contributed by atoms with Gasteiger partial charge < -0.3 is 15.0 Å². The minimum Gasteiger partial charge on any atom is -0.453 e. The fourth-order valence-electron chi connectivity index (χ4n) is 3.21. The summed E-state index contributed by atoms with van der Waals surface area (Å²) in [5, 5.41) is 5.95. The normalized spacial score (nSPS) is 25.6. The van der Waals surface area contributed by atoms with Crippen molar-refractivity contribution in [3.8, 4) is 12.3 Å². The van der Waals surface area contributed by atoms with E-state index in [0.717, 1.165) is 19.3 Å². The summed E-state index contributed by atoms with van der Waals surface area (Å²) in [4.78, 5) is 31.0. The van der Waals surface area contributed by atoms with Crippen LogP contribution in [0.4, 0.5) is 4.79 Å². The SMILES string of the molecule is C#CC1=NC(C2CCCN2C(=O)C(NC(=O)OC)C(C)CC)NC1. The van der Waals surface area contributed by atoms with Crippen LogP contribution in [0, 0.1) is 18.3 Å². The zero-order valence-corrected chi connectivity index (χ0v) is 14.5. The number of nitrogens with zero attached hydrogens (tertiary/aromatic N) is 2. The number of amides is 2. The summed E-state index contributed by atoms with van der Waals surface area (Å²) < 4.78 is 4.67. The molecule has 2 N–H and O–H groups in total. The van der Waals surface area contributed by atoms with E-state index in [1.807, 2.05) is 18.7 Å². The van der Waals surface area contributed by atoms with Crippen molar-refractivity contribution < 1.29 is 14.3 Å². The number of carbonyl (C=O) groups is 2. The fraction of sp³-hybridized carbons (Fsp3) is 0.706. The number of ether oxygens (including phenoxy) is 1. The van der Waals surface area contributed by atoms with Gasteiger partial charge in [0.2, 0.25) is 5.91 Å². The molecule has 7 nitrogen and oxygen atoms in total. The van der Waals surface area contributed by atoms with Crippen LogP contribution >= 0.6 is 0 Å². The minimum absolute atomic E-state index is 0.0131. The first-order chi connectivity index (χ1) is 11.5. The summed E-state index contributed by atoms with van der Waals surface area (Å²) in [6.07, 6.45) is 7.21. The predicted octanol–water partition coefficient (Wildman–Crippen LogP) is 0.752. The van der Waals surface area contributed by atoms with Gasteiger partial charge in [0.05, 0.1) is 18.9 Å². The molecule has 2 rings (SSSR count). The van der Waals surface area contributed by atoms with Gasteiger partial charge in [-0.15, -0.1) is 6.42 Å². The Morgan fingerprint density at radius 1 is 1.58 bits per heavy atom. The van der Waals surface area contributed by atoms with Crippen molar-refractivity contribution in [2.24, 2.45) is 10.9 Å². The average molecular weight is 334 g/mol. The van der Waals surface area contributed by atoms with Crippen molar-refractivity contribution in [2.45, 2.75) is 51.4 Å². The number of rotatable bonds is 5. The number of aliphatic imine (C=N–C) groups is 1. The summed E-state index contributed by atoms with van der Waals surface area (Å²) in [5.74, 6) is 2.49. The minimum atomic E-state index is -0.597. The summed E-state index contributed by atoms with van der Waals surface area (Å²) in [6.45, 7) is 5.17. The summed E-state index contributed by atoms with van der Waals surface area (Å²) in [6, 6.07) is -0.630. The number of methoxy groups -OCH3 is 1. The molecule has 2 aliphatic rings. The lowest BCUT2D eigenvalue weighted by Crippen LogP contribution is -2.55. The molecule has 2 heterocycles. The van der Waals surface area contributed by atoms with Crippen LogP contribution in [0.2, 0.25) is 0 Å². The standard InChI is InChI=1S/C17H26N4O3/c1-5-11(3)14(20-17(23)24-4)16(22)21-9-7-8-13(21)15-18-10-12(6-2)19-15/h2,11,13-15,18H,5,7-10H2,1,3-4H3,(H,20,23). The molecule has 4 unspecified atom stereocenters. The third kappa shape index (κ3) is 3.88. The molecule has 132 valence electrons. The van der Waals surface area contributed by atoms with Gasteiger partial charge in [0.1, 0.15) is 12.2 Å².